The molecule has 0 aliphatic carbocycles. The van der Waals surface area contributed by atoms with Gasteiger partial charge in [0.15, 0.2) is 6.29 Å². The molecule has 12 heteroatoms. The minimum absolute atomic E-state index is 0.0312. The van der Waals surface area contributed by atoms with Crippen LogP contribution in [0.4, 0.5) is 0 Å². The third kappa shape index (κ3) is 5.16. The summed E-state index contributed by atoms with van der Waals surface area (Å²) < 4.78 is 25.6. The van der Waals surface area contributed by atoms with E-state index in [-0.39, 0.29) is 17.6 Å². The molecule has 0 amide bonds. The number of hydrogen-bond acceptors (Lipinski definition) is 12. The zero-order valence-electron chi connectivity index (χ0n) is 16.4. The minimum Gasteiger partial charge on any atom is -0.469 e. The van der Waals surface area contributed by atoms with Crippen LogP contribution < -0.4 is 0 Å². The van der Waals surface area contributed by atoms with Gasteiger partial charge in [0.2, 0.25) is 6.29 Å². The van der Waals surface area contributed by atoms with E-state index in [1.54, 1.807) is 0 Å². The van der Waals surface area contributed by atoms with E-state index in [4.69, 9.17) is 18.9 Å². The molecular formula is C18H26O12. The Bertz CT molecular complexity index is 672. The highest BCUT2D eigenvalue weighted by molar-refractivity contribution is 5.90. The van der Waals surface area contributed by atoms with Gasteiger partial charge in [-0.15, -0.1) is 0 Å². The molecule has 0 bridgehead atoms. The first-order chi connectivity index (χ1) is 14.3. The summed E-state index contributed by atoms with van der Waals surface area (Å²) in [6, 6.07) is 0. The van der Waals surface area contributed by atoms with Crippen LogP contribution in [0.15, 0.2) is 23.5 Å². The van der Waals surface area contributed by atoms with E-state index in [1.807, 2.05) is 0 Å². The molecule has 1 saturated heterocycles. The Morgan fingerprint density at radius 2 is 1.80 bits per heavy atom. The molecule has 5 N–H and O–H groups in total. The van der Waals surface area contributed by atoms with E-state index in [9.17, 15) is 35.1 Å². The van der Waals surface area contributed by atoms with Gasteiger partial charge in [-0.2, -0.15) is 0 Å². The maximum Gasteiger partial charge on any atom is 0.337 e. The van der Waals surface area contributed by atoms with Crippen molar-refractivity contribution >= 4 is 11.9 Å². The first-order valence-corrected chi connectivity index (χ1v) is 9.06. The minimum atomic E-state index is -1.70. The van der Waals surface area contributed by atoms with Crippen LogP contribution in [0, 0.1) is 5.92 Å². The summed E-state index contributed by atoms with van der Waals surface area (Å²) in [7, 11) is 2.31. The Morgan fingerprint density at radius 3 is 2.37 bits per heavy atom. The van der Waals surface area contributed by atoms with Crippen molar-refractivity contribution in [3.05, 3.63) is 23.5 Å². The molecule has 12 nitrogen and oxygen atoms in total. The summed E-state index contributed by atoms with van der Waals surface area (Å²) in [6.45, 7) is -1.16. The van der Waals surface area contributed by atoms with E-state index >= 15 is 0 Å². The van der Waals surface area contributed by atoms with E-state index in [0.29, 0.717) is 0 Å². The smallest absolute Gasteiger partial charge is 0.337 e. The lowest BCUT2D eigenvalue weighted by Gasteiger charge is -2.41. The topological polar surface area (TPSA) is 181 Å². The predicted octanol–water partition coefficient (Wildman–Crippen LogP) is -2.69. The van der Waals surface area contributed by atoms with Gasteiger partial charge in [0, 0.05) is 11.5 Å². The van der Waals surface area contributed by atoms with Crippen molar-refractivity contribution in [3.63, 3.8) is 0 Å². The van der Waals surface area contributed by atoms with Crippen LogP contribution in [-0.4, -0.2) is 102 Å². The highest BCUT2D eigenvalue weighted by Gasteiger charge is 2.46. The highest BCUT2D eigenvalue weighted by atomic mass is 16.8. The largest absolute Gasteiger partial charge is 0.469 e. The maximum atomic E-state index is 12.1. The summed E-state index contributed by atoms with van der Waals surface area (Å²) in [6.07, 6.45) is -7.10. The Balaban J connectivity index is 2.32. The average Bonchev–Trinajstić information content (AvgIpc) is 2.75. The van der Waals surface area contributed by atoms with Crippen LogP contribution in [0.2, 0.25) is 0 Å². The number of rotatable bonds is 7. The fourth-order valence-corrected chi connectivity index (χ4v) is 3.18. The first-order valence-electron chi connectivity index (χ1n) is 9.06. The number of hydrogen-bond donors (Lipinski definition) is 5. The summed E-state index contributed by atoms with van der Waals surface area (Å²) >= 11 is 0. The number of aliphatic hydroxyl groups excluding tert-OH is 5. The lowest BCUT2D eigenvalue weighted by atomic mass is 9.86. The fourth-order valence-electron chi connectivity index (χ4n) is 3.18. The van der Waals surface area contributed by atoms with Crippen molar-refractivity contribution in [2.45, 2.75) is 43.4 Å². The van der Waals surface area contributed by atoms with E-state index in [2.05, 4.69) is 4.74 Å². The molecule has 0 aromatic carbocycles. The molecule has 0 aromatic rings. The van der Waals surface area contributed by atoms with Gasteiger partial charge in [0.25, 0.3) is 0 Å². The summed E-state index contributed by atoms with van der Waals surface area (Å²) in [5, 5.41) is 48.7. The average molecular weight is 434 g/mol. The van der Waals surface area contributed by atoms with Crippen molar-refractivity contribution in [2.24, 2.45) is 5.92 Å². The molecular weight excluding hydrogens is 408 g/mol. The second-order valence-corrected chi connectivity index (χ2v) is 6.59. The zero-order valence-corrected chi connectivity index (χ0v) is 16.4. The Kier molecular flexibility index (Phi) is 8.73. The van der Waals surface area contributed by atoms with Gasteiger partial charge in [0.1, 0.15) is 24.4 Å². The third-order valence-corrected chi connectivity index (χ3v) is 4.82. The molecule has 2 heterocycles. The molecule has 170 valence electrons. The molecule has 0 radical (unpaired) electrons. The molecule has 7 atom stereocenters. The SMILES string of the molecule is COC(=O)C[C@@H]1C(C(=O)OC)=CO[C@@H](O[C@@H]2O[C@H](CO)[C@@H](O)[C@H](O)[C@H]2O)C1=CCO. The summed E-state index contributed by atoms with van der Waals surface area (Å²) in [5.74, 6) is -2.38. The van der Waals surface area contributed by atoms with Crippen LogP contribution >= 0.6 is 0 Å². The third-order valence-electron chi connectivity index (χ3n) is 4.82. The van der Waals surface area contributed by atoms with E-state index in [0.717, 1.165) is 13.4 Å². The van der Waals surface area contributed by atoms with E-state index in [1.165, 1.54) is 13.2 Å². The maximum absolute atomic E-state index is 12.1. The Morgan fingerprint density at radius 1 is 1.10 bits per heavy atom. The molecule has 1 fully saturated rings. The van der Waals surface area contributed by atoms with Gasteiger partial charge in [-0.1, -0.05) is 6.08 Å². The van der Waals surface area contributed by atoms with Crippen molar-refractivity contribution < 1.29 is 58.8 Å². The number of ether oxygens (including phenoxy) is 5. The molecule has 0 aromatic heterocycles. The molecule has 2 aliphatic heterocycles. The number of aliphatic hydroxyl groups is 5. The standard InChI is InChI=1S/C18H26O12/c1-26-12(21)5-9-8(3-4-19)17(28-7-10(9)16(25)27-2)30-18-15(24)14(23)13(22)11(6-20)29-18/h3,7,9,11,13-15,17-20,22-24H,4-6H2,1-2H3/t9-,11+,13+,14-,15+,17-,18-/m0/s1. The van der Waals surface area contributed by atoms with Crippen LogP contribution in [0.3, 0.4) is 0 Å². The first kappa shape index (κ1) is 24.2. The van der Waals surface area contributed by atoms with Crippen molar-refractivity contribution in [2.75, 3.05) is 27.4 Å². The molecule has 0 spiro atoms. The van der Waals surface area contributed by atoms with Crippen LogP contribution in [0.1, 0.15) is 6.42 Å². The number of carbonyl (C=O) groups is 2. The summed E-state index contributed by atoms with van der Waals surface area (Å²) in [4.78, 5) is 24.0. The molecule has 0 unspecified atom stereocenters. The van der Waals surface area contributed by atoms with Gasteiger partial charge in [0.05, 0.1) is 45.7 Å². The van der Waals surface area contributed by atoms with Gasteiger partial charge in [-0.3, -0.25) is 4.79 Å². The number of carbonyl (C=O) groups excluding carboxylic acids is 2. The molecule has 0 saturated carbocycles. The van der Waals surface area contributed by atoms with Gasteiger partial charge < -0.3 is 49.2 Å². The van der Waals surface area contributed by atoms with Crippen LogP contribution in [0.25, 0.3) is 0 Å². The quantitative estimate of drug-likeness (QED) is 0.207. The molecule has 2 aliphatic rings. The van der Waals surface area contributed by atoms with E-state index < -0.39 is 68.1 Å². The highest BCUT2D eigenvalue weighted by Crippen LogP contribution is 2.36. The van der Waals surface area contributed by atoms with Crippen molar-refractivity contribution in [1.82, 2.24) is 0 Å². The number of esters is 2. The Labute approximate surface area is 171 Å². The van der Waals surface area contributed by atoms with Crippen molar-refractivity contribution in [1.29, 1.82) is 0 Å². The second-order valence-electron chi connectivity index (χ2n) is 6.59. The lowest BCUT2D eigenvalue weighted by molar-refractivity contribution is -0.327. The number of methoxy groups -OCH3 is 2. The van der Waals surface area contributed by atoms with Crippen molar-refractivity contribution in [3.8, 4) is 0 Å². The predicted molar refractivity (Wildman–Crippen MR) is 95.1 cm³/mol. The summed E-state index contributed by atoms with van der Waals surface area (Å²) in [5.41, 5.74) is 0.110. The zero-order chi connectivity index (χ0) is 22.4. The normalized spacial score (nSPS) is 35.4. The van der Waals surface area contributed by atoms with Crippen LogP contribution in [0.5, 0.6) is 0 Å². The monoisotopic (exact) mass is 434 g/mol. The molecule has 2 rings (SSSR count). The van der Waals surface area contributed by atoms with Crippen LogP contribution in [-0.2, 0) is 33.3 Å². The molecule has 30 heavy (non-hydrogen) atoms. The fraction of sp³-hybridized carbons (Fsp3) is 0.667. The van der Waals surface area contributed by atoms with Gasteiger partial charge in [-0.25, -0.2) is 4.79 Å². The Hall–Kier alpha value is -2.06. The lowest BCUT2D eigenvalue weighted by Crippen LogP contribution is -2.60. The van der Waals surface area contributed by atoms with Gasteiger partial charge in [-0.05, 0) is 0 Å². The second kappa shape index (κ2) is 10.8. The van der Waals surface area contributed by atoms with Gasteiger partial charge >= 0.3 is 11.9 Å².